The molecule has 1 aromatic carbocycles. The summed E-state index contributed by atoms with van der Waals surface area (Å²) in [5.41, 5.74) is 0.846. The van der Waals surface area contributed by atoms with E-state index in [1.807, 2.05) is 0 Å². The standard InChI is InChI=1S/C20H19F2N5O2/c1-12(2)19(28)26-15-5-6-18(23-9-15)27-10-17(25-11-27)20(29)24-8-13-3-4-14(21)7-16(13)22/h3-7,9-12H,8H2,1-2H3,(H,24,29)(H,26,28). The first-order valence-corrected chi connectivity index (χ1v) is 8.87. The van der Waals surface area contributed by atoms with E-state index in [2.05, 4.69) is 20.6 Å². The fraction of sp³-hybridized carbons (Fsp3) is 0.200. The molecule has 0 fully saturated rings. The molecule has 2 N–H and O–H groups in total. The normalized spacial score (nSPS) is 10.8. The number of imidazole rings is 1. The Morgan fingerprint density at radius 3 is 2.59 bits per heavy atom. The molecule has 0 radical (unpaired) electrons. The fourth-order valence-corrected chi connectivity index (χ4v) is 2.40. The van der Waals surface area contributed by atoms with Crippen molar-refractivity contribution < 1.29 is 18.4 Å². The Bertz CT molecular complexity index is 1030. The minimum absolute atomic E-state index is 0.0969. The summed E-state index contributed by atoms with van der Waals surface area (Å²) in [7, 11) is 0. The van der Waals surface area contributed by atoms with Gasteiger partial charge in [0.2, 0.25) is 5.91 Å². The van der Waals surface area contributed by atoms with E-state index in [0.717, 1.165) is 12.1 Å². The van der Waals surface area contributed by atoms with Gasteiger partial charge < -0.3 is 10.6 Å². The zero-order valence-corrected chi connectivity index (χ0v) is 15.8. The third-order valence-electron chi connectivity index (χ3n) is 4.07. The van der Waals surface area contributed by atoms with Gasteiger partial charge in [-0.05, 0) is 18.2 Å². The lowest BCUT2D eigenvalue weighted by molar-refractivity contribution is -0.118. The van der Waals surface area contributed by atoms with Gasteiger partial charge in [-0.25, -0.2) is 18.7 Å². The van der Waals surface area contributed by atoms with Crippen LogP contribution in [-0.2, 0) is 11.3 Å². The molecule has 0 aliphatic heterocycles. The molecular weight excluding hydrogens is 380 g/mol. The predicted octanol–water partition coefficient (Wildman–Crippen LogP) is 3.07. The van der Waals surface area contributed by atoms with Crippen molar-refractivity contribution in [2.75, 3.05) is 5.32 Å². The summed E-state index contributed by atoms with van der Waals surface area (Å²) in [6.07, 6.45) is 4.40. The van der Waals surface area contributed by atoms with Gasteiger partial charge in [0.05, 0.1) is 11.9 Å². The Balaban J connectivity index is 1.63. The van der Waals surface area contributed by atoms with Crippen LogP contribution in [-0.4, -0.2) is 26.3 Å². The molecular formula is C20H19F2N5O2. The van der Waals surface area contributed by atoms with Gasteiger partial charge in [-0.2, -0.15) is 0 Å². The maximum Gasteiger partial charge on any atom is 0.271 e. The molecule has 29 heavy (non-hydrogen) atoms. The van der Waals surface area contributed by atoms with E-state index in [1.54, 1.807) is 30.5 Å². The molecule has 0 bridgehead atoms. The number of aromatic nitrogens is 3. The van der Waals surface area contributed by atoms with E-state index in [0.29, 0.717) is 11.5 Å². The second-order valence-corrected chi connectivity index (χ2v) is 6.63. The van der Waals surface area contributed by atoms with Gasteiger partial charge in [-0.1, -0.05) is 19.9 Å². The summed E-state index contributed by atoms with van der Waals surface area (Å²) in [6, 6.07) is 6.52. The molecule has 2 heterocycles. The Labute approximate surface area is 165 Å². The maximum absolute atomic E-state index is 13.6. The van der Waals surface area contributed by atoms with E-state index in [-0.39, 0.29) is 29.6 Å². The number of benzene rings is 1. The van der Waals surface area contributed by atoms with Crippen LogP contribution in [0.15, 0.2) is 49.1 Å². The van der Waals surface area contributed by atoms with Gasteiger partial charge in [0.1, 0.15) is 29.5 Å². The quantitative estimate of drug-likeness (QED) is 0.667. The van der Waals surface area contributed by atoms with Crippen LogP contribution < -0.4 is 10.6 Å². The lowest BCUT2D eigenvalue weighted by Gasteiger charge is -2.08. The lowest BCUT2D eigenvalue weighted by atomic mass is 10.2. The summed E-state index contributed by atoms with van der Waals surface area (Å²) in [5.74, 6) is -1.67. The highest BCUT2D eigenvalue weighted by Gasteiger charge is 2.12. The summed E-state index contributed by atoms with van der Waals surface area (Å²) in [4.78, 5) is 32.2. The number of anilines is 1. The van der Waals surface area contributed by atoms with E-state index in [9.17, 15) is 18.4 Å². The first-order valence-electron chi connectivity index (χ1n) is 8.87. The minimum atomic E-state index is -0.732. The predicted molar refractivity (Wildman–Crippen MR) is 102 cm³/mol. The van der Waals surface area contributed by atoms with E-state index in [1.165, 1.54) is 24.8 Å². The molecule has 3 rings (SSSR count). The Morgan fingerprint density at radius 1 is 1.14 bits per heavy atom. The topological polar surface area (TPSA) is 88.9 Å². The number of nitrogens with zero attached hydrogens (tertiary/aromatic N) is 3. The van der Waals surface area contributed by atoms with Crippen molar-refractivity contribution in [3.05, 3.63) is 71.9 Å². The number of carbonyl (C=O) groups is 2. The van der Waals surface area contributed by atoms with Crippen LogP contribution in [0.2, 0.25) is 0 Å². The van der Waals surface area contributed by atoms with Crippen LogP contribution in [0.3, 0.4) is 0 Å². The van der Waals surface area contributed by atoms with E-state index in [4.69, 9.17) is 0 Å². The van der Waals surface area contributed by atoms with Crippen molar-refractivity contribution in [1.82, 2.24) is 19.9 Å². The van der Waals surface area contributed by atoms with Gasteiger partial charge in [-0.3, -0.25) is 14.2 Å². The third kappa shape index (κ3) is 5.01. The first-order chi connectivity index (χ1) is 13.8. The molecule has 0 aliphatic carbocycles. The molecule has 0 unspecified atom stereocenters. The lowest BCUT2D eigenvalue weighted by Crippen LogP contribution is -2.23. The van der Waals surface area contributed by atoms with Crippen molar-refractivity contribution in [3.8, 4) is 5.82 Å². The Hall–Kier alpha value is -3.62. The summed E-state index contributed by atoms with van der Waals surface area (Å²) in [6.45, 7) is 3.49. The maximum atomic E-state index is 13.6. The molecule has 2 aromatic heterocycles. The molecule has 3 aromatic rings. The van der Waals surface area contributed by atoms with Gasteiger partial charge in [0.15, 0.2) is 0 Å². The second-order valence-electron chi connectivity index (χ2n) is 6.63. The van der Waals surface area contributed by atoms with E-state index >= 15 is 0 Å². The molecule has 0 aliphatic rings. The van der Waals surface area contributed by atoms with Crippen molar-refractivity contribution in [1.29, 1.82) is 0 Å². The molecule has 2 amide bonds. The monoisotopic (exact) mass is 399 g/mol. The van der Waals surface area contributed by atoms with Crippen LogP contribution >= 0.6 is 0 Å². The number of carbonyl (C=O) groups excluding carboxylic acids is 2. The van der Waals surface area contributed by atoms with Crippen LogP contribution in [0.5, 0.6) is 0 Å². The third-order valence-corrected chi connectivity index (χ3v) is 4.07. The number of amides is 2. The summed E-state index contributed by atoms with van der Waals surface area (Å²) >= 11 is 0. The highest BCUT2D eigenvalue weighted by Crippen LogP contribution is 2.13. The minimum Gasteiger partial charge on any atom is -0.346 e. The number of rotatable bonds is 6. The van der Waals surface area contributed by atoms with Crippen molar-refractivity contribution in [2.45, 2.75) is 20.4 Å². The van der Waals surface area contributed by atoms with Gasteiger partial charge in [-0.15, -0.1) is 0 Å². The van der Waals surface area contributed by atoms with Crippen LogP contribution in [0, 0.1) is 17.6 Å². The van der Waals surface area contributed by atoms with Crippen LogP contribution in [0.1, 0.15) is 29.9 Å². The SMILES string of the molecule is CC(C)C(=O)Nc1ccc(-n2cnc(C(=O)NCc3ccc(F)cc3F)c2)nc1. The number of hydrogen-bond acceptors (Lipinski definition) is 4. The zero-order valence-electron chi connectivity index (χ0n) is 15.8. The average Bonchev–Trinajstić information content (AvgIpc) is 3.18. The molecule has 150 valence electrons. The second kappa shape index (κ2) is 8.59. The largest absolute Gasteiger partial charge is 0.346 e. The molecule has 0 saturated carbocycles. The molecule has 0 saturated heterocycles. The van der Waals surface area contributed by atoms with Gasteiger partial charge >= 0.3 is 0 Å². The average molecular weight is 399 g/mol. The smallest absolute Gasteiger partial charge is 0.271 e. The zero-order chi connectivity index (χ0) is 21.0. The molecule has 0 atom stereocenters. The van der Waals surface area contributed by atoms with Crippen molar-refractivity contribution in [3.63, 3.8) is 0 Å². The first kappa shape index (κ1) is 20.1. The molecule has 9 heteroatoms. The highest BCUT2D eigenvalue weighted by atomic mass is 19.1. The molecule has 7 nitrogen and oxygen atoms in total. The number of hydrogen-bond donors (Lipinski definition) is 2. The number of nitrogens with one attached hydrogen (secondary N) is 2. The number of halogens is 2. The fourth-order valence-electron chi connectivity index (χ4n) is 2.40. The summed E-state index contributed by atoms with van der Waals surface area (Å²) in [5, 5.41) is 5.28. The van der Waals surface area contributed by atoms with Gasteiger partial charge in [0.25, 0.3) is 5.91 Å². The van der Waals surface area contributed by atoms with Crippen molar-refractivity contribution >= 4 is 17.5 Å². The van der Waals surface area contributed by atoms with Crippen LogP contribution in [0.25, 0.3) is 5.82 Å². The Kier molecular flexibility index (Phi) is 5.96. The van der Waals surface area contributed by atoms with Gasteiger partial charge in [0, 0.05) is 30.3 Å². The summed E-state index contributed by atoms with van der Waals surface area (Å²) < 4.78 is 28.1. The van der Waals surface area contributed by atoms with E-state index < -0.39 is 17.5 Å². The van der Waals surface area contributed by atoms with Crippen LogP contribution in [0.4, 0.5) is 14.5 Å². The number of pyridine rings is 1. The van der Waals surface area contributed by atoms with Crippen molar-refractivity contribution in [2.24, 2.45) is 5.92 Å². The Morgan fingerprint density at radius 2 is 1.93 bits per heavy atom. The molecule has 0 spiro atoms. The highest BCUT2D eigenvalue weighted by molar-refractivity contribution is 5.92.